The number of hydrogen-bond donors (Lipinski definition) is 0. The molecule has 0 bridgehead atoms. The number of amides is 1. The average molecular weight is 506 g/mol. The molecular weight excluding hydrogens is 478 g/mol. The van der Waals surface area contributed by atoms with E-state index in [1.807, 2.05) is 83.2 Å². The van der Waals surface area contributed by atoms with Gasteiger partial charge in [0.25, 0.3) is 0 Å². The van der Waals surface area contributed by atoms with E-state index in [0.717, 1.165) is 27.9 Å². The van der Waals surface area contributed by atoms with Crippen LogP contribution in [0.25, 0.3) is 17.1 Å². The quantitative estimate of drug-likeness (QED) is 0.243. The standard InChI is InChI=1S/C30H27N5OS/c1-22-11-9-10-16-26(22)35-29(25-17-19-31-20-18-25)32-33-30(35)37-21-27(36)34(2)28(23-12-5-3-6-13-23)24-14-7-4-8-15-24/h3-20,28H,21H2,1-2H3. The number of aryl methyl sites for hydroxylation is 1. The van der Waals surface area contributed by atoms with Crippen LogP contribution in [-0.4, -0.2) is 43.4 Å². The molecule has 2 heterocycles. The second-order valence-corrected chi connectivity index (χ2v) is 9.62. The molecule has 6 nitrogen and oxygen atoms in total. The van der Waals surface area contributed by atoms with Gasteiger partial charge in [-0.05, 0) is 41.8 Å². The highest BCUT2D eigenvalue weighted by Gasteiger charge is 2.25. The molecule has 5 aromatic rings. The number of carbonyl (C=O) groups excluding carboxylic acids is 1. The highest BCUT2D eigenvalue weighted by atomic mass is 32.2. The lowest BCUT2D eigenvalue weighted by Gasteiger charge is -2.29. The fourth-order valence-corrected chi connectivity index (χ4v) is 5.23. The Morgan fingerprint density at radius 2 is 1.43 bits per heavy atom. The smallest absolute Gasteiger partial charge is 0.233 e. The van der Waals surface area contributed by atoms with Gasteiger partial charge in [-0.25, -0.2) is 0 Å². The molecule has 184 valence electrons. The van der Waals surface area contributed by atoms with Crippen LogP contribution in [0.3, 0.4) is 0 Å². The first-order valence-corrected chi connectivity index (χ1v) is 13.0. The fraction of sp³-hybridized carbons (Fsp3) is 0.133. The van der Waals surface area contributed by atoms with E-state index in [2.05, 4.69) is 52.4 Å². The molecule has 2 aromatic heterocycles. The summed E-state index contributed by atoms with van der Waals surface area (Å²) in [6, 6.07) is 32.0. The lowest BCUT2D eigenvalue weighted by atomic mass is 9.97. The van der Waals surface area contributed by atoms with Crippen molar-refractivity contribution in [3.63, 3.8) is 0 Å². The maximum atomic E-state index is 13.5. The number of hydrogen-bond acceptors (Lipinski definition) is 5. The van der Waals surface area contributed by atoms with Gasteiger partial charge in [0.05, 0.1) is 17.5 Å². The number of nitrogens with zero attached hydrogens (tertiary/aromatic N) is 5. The molecule has 37 heavy (non-hydrogen) atoms. The van der Waals surface area contributed by atoms with Crippen LogP contribution in [0.1, 0.15) is 22.7 Å². The third kappa shape index (κ3) is 5.32. The molecule has 0 spiro atoms. The summed E-state index contributed by atoms with van der Waals surface area (Å²) in [5, 5.41) is 9.65. The number of thioether (sulfide) groups is 1. The van der Waals surface area contributed by atoms with E-state index in [1.54, 1.807) is 12.4 Å². The third-order valence-electron chi connectivity index (χ3n) is 6.26. The molecular formula is C30H27N5OS. The molecule has 0 N–H and O–H groups in total. The summed E-state index contributed by atoms with van der Waals surface area (Å²) in [6.07, 6.45) is 3.48. The van der Waals surface area contributed by atoms with Crippen LogP contribution in [0.15, 0.2) is 115 Å². The van der Waals surface area contributed by atoms with Crippen molar-refractivity contribution in [3.8, 4) is 17.1 Å². The minimum Gasteiger partial charge on any atom is -0.334 e. The number of pyridine rings is 1. The Kier molecular flexibility index (Phi) is 7.42. The van der Waals surface area contributed by atoms with Crippen LogP contribution in [0.5, 0.6) is 0 Å². The van der Waals surface area contributed by atoms with E-state index in [-0.39, 0.29) is 17.7 Å². The van der Waals surface area contributed by atoms with Crippen molar-refractivity contribution in [2.75, 3.05) is 12.8 Å². The predicted octanol–water partition coefficient (Wildman–Crippen LogP) is 5.98. The minimum absolute atomic E-state index is 0.00695. The number of aromatic nitrogens is 4. The van der Waals surface area contributed by atoms with Crippen LogP contribution in [0.4, 0.5) is 0 Å². The number of para-hydroxylation sites is 1. The highest BCUT2D eigenvalue weighted by molar-refractivity contribution is 7.99. The van der Waals surface area contributed by atoms with Gasteiger partial charge in [-0.1, -0.05) is 90.6 Å². The summed E-state index contributed by atoms with van der Waals surface area (Å²) in [5.74, 6) is 0.950. The van der Waals surface area contributed by atoms with Gasteiger partial charge in [0.15, 0.2) is 11.0 Å². The molecule has 7 heteroatoms. The summed E-state index contributed by atoms with van der Waals surface area (Å²) in [4.78, 5) is 19.5. The van der Waals surface area contributed by atoms with Crippen molar-refractivity contribution in [1.29, 1.82) is 0 Å². The SMILES string of the molecule is Cc1ccccc1-n1c(SCC(=O)N(C)C(c2ccccc2)c2ccccc2)nnc1-c1ccncc1. The summed E-state index contributed by atoms with van der Waals surface area (Å²) in [6.45, 7) is 2.06. The van der Waals surface area contributed by atoms with Crippen LogP contribution >= 0.6 is 11.8 Å². The Bertz CT molecular complexity index is 1430. The van der Waals surface area contributed by atoms with Gasteiger partial charge < -0.3 is 4.90 Å². The van der Waals surface area contributed by atoms with Gasteiger partial charge in [-0.2, -0.15) is 0 Å². The van der Waals surface area contributed by atoms with E-state index in [0.29, 0.717) is 11.0 Å². The van der Waals surface area contributed by atoms with E-state index in [4.69, 9.17) is 0 Å². The summed E-state index contributed by atoms with van der Waals surface area (Å²) in [7, 11) is 1.86. The van der Waals surface area contributed by atoms with Crippen molar-refractivity contribution in [3.05, 3.63) is 126 Å². The second kappa shape index (κ2) is 11.2. The van der Waals surface area contributed by atoms with Gasteiger partial charge in [0, 0.05) is 25.0 Å². The molecule has 0 fully saturated rings. The van der Waals surface area contributed by atoms with E-state index < -0.39 is 0 Å². The highest BCUT2D eigenvalue weighted by Crippen LogP contribution is 2.31. The molecule has 0 aliphatic heterocycles. The molecule has 1 amide bonds. The van der Waals surface area contributed by atoms with Crippen molar-refractivity contribution in [2.24, 2.45) is 0 Å². The number of benzene rings is 3. The monoisotopic (exact) mass is 505 g/mol. The van der Waals surface area contributed by atoms with E-state index in [1.165, 1.54) is 11.8 Å². The van der Waals surface area contributed by atoms with Gasteiger partial charge >= 0.3 is 0 Å². The Morgan fingerprint density at radius 3 is 2.05 bits per heavy atom. The Labute approximate surface area is 221 Å². The molecule has 0 aliphatic rings. The molecule has 3 aromatic carbocycles. The minimum atomic E-state index is -0.183. The zero-order valence-electron chi connectivity index (χ0n) is 20.7. The molecule has 0 saturated heterocycles. The average Bonchev–Trinajstić information content (AvgIpc) is 3.37. The van der Waals surface area contributed by atoms with Crippen molar-refractivity contribution >= 4 is 17.7 Å². The van der Waals surface area contributed by atoms with Crippen LogP contribution in [0, 0.1) is 6.92 Å². The molecule has 0 radical (unpaired) electrons. The number of rotatable bonds is 8. The number of carbonyl (C=O) groups is 1. The lowest BCUT2D eigenvalue weighted by Crippen LogP contribution is -2.33. The van der Waals surface area contributed by atoms with Gasteiger partial charge in [-0.15, -0.1) is 10.2 Å². The first-order chi connectivity index (χ1) is 18.1. The van der Waals surface area contributed by atoms with Gasteiger partial charge in [0.1, 0.15) is 0 Å². The Balaban J connectivity index is 1.44. The van der Waals surface area contributed by atoms with Crippen LogP contribution < -0.4 is 0 Å². The van der Waals surface area contributed by atoms with E-state index >= 15 is 0 Å². The summed E-state index contributed by atoms with van der Waals surface area (Å²) in [5.41, 5.74) is 5.12. The van der Waals surface area contributed by atoms with Crippen molar-refractivity contribution < 1.29 is 4.79 Å². The largest absolute Gasteiger partial charge is 0.334 e. The molecule has 0 saturated carbocycles. The van der Waals surface area contributed by atoms with Gasteiger partial charge in [0.2, 0.25) is 5.91 Å². The third-order valence-corrected chi connectivity index (χ3v) is 7.18. The van der Waals surface area contributed by atoms with Crippen LogP contribution in [-0.2, 0) is 4.79 Å². The van der Waals surface area contributed by atoms with Gasteiger partial charge in [-0.3, -0.25) is 14.3 Å². The van der Waals surface area contributed by atoms with Crippen molar-refractivity contribution in [1.82, 2.24) is 24.6 Å². The summed E-state index contributed by atoms with van der Waals surface area (Å²) >= 11 is 1.39. The van der Waals surface area contributed by atoms with Crippen LogP contribution in [0.2, 0.25) is 0 Å². The first kappa shape index (κ1) is 24.5. The van der Waals surface area contributed by atoms with E-state index in [9.17, 15) is 4.79 Å². The predicted molar refractivity (Wildman–Crippen MR) is 148 cm³/mol. The molecule has 0 atom stereocenters. The zero-order valence-corrected chi connectivity index (χ0v) is 21.5. The normalized spacial score (nSPS) is 11.0. The van der Waals surface area contributed by atoms with Crippen molar-refractivity contribution in [2.45, 2.75) is 18.1 Å². The second-order valence-electron chi connectivity index (χ2n) is 8.68. The summed E-state index contributed by atoms with van der Waals surface area (Å²) < 4.78 is 2.02. The first-order valence-electron chi connectivity index (χ1n) is 12.0. The zero-order chi connectivity index (χ0) is 25.6. The molecule has 5 rings (SSSR count). The maximum Gasteiger partial charge on any atom is 0.233 e. The molecule has 0 unspecified atom stereocenters. The lowest BCUT2D eigenvalue weighted by molar-refractivity contribution is -0.128. The fourth-order valence-electron chi connectivity index (χ4n) is 4.37. The maximum absolute atomic E-state index is 13.5. The Morgan fingerprint density at radius 1 is 0.838 bits per heavy atom. The topological polar surface area (TPSA) is 63.9 Å². The molecule has 0 aliphatic carbocycles. The Hall–Kier alpha value is -4.23.